The van der Waals surface area contributed by atoms with E-state index in [1.54, 1.807) is 18.2 Å². The van der Waals surface area contributed by atoms with Crippen LogP contribution in [0.4, 0.5) is 0 Å². The molecule has 0 atom stereocenters. The quantitative estimate of drug-likeness (QED) is 0.679. The Balaban J connectivity index is 2.62. The Labute approximate surface area is 118 Å². The monoisotopic (exact) mass is 292 g/mol. The van der Waals surface area contributed by atoms with Crippen LogP contribution in [-0.4, -0.2) is 20.3 Å². The van der Waals surface area contributed by atoms with Crippen LogP contribution in [0, 0.1) is 11.3 Å². The third-order valence-electron chi connectivity index (χ3n) is 2.24. The second-order valence-corrected chi connectivity index (χ2v) is 4.17. The molecule has 0 radical (unpaired) electrons. The maximum Gasteiger partial charge on any atom is 0.162 e. The van der Waals surface area contributed by atoms with Crippen molar-refractivity contribution in [1.82, 2.24) is 15.2 Å². The molecule has 1 N–H and O–H groups in total. The van der Waals surface area contributed by atoms with Crippen LogP contribution in [0.15, 0.2) is 30.5 Å². The molecule has 0 unspecified atom stereocenters. The maximum atomic E-state index is 10.1. The van der Waals surface area contributed by atoms with Crippen molar-refractivity contribution in [2.24, 2.45) is 0 Å². The molecule has 2 aromatic heterocycles. The number of halogens is 2. The molecule has 2 aromatic rings. The number of aliphatic hydroxyl groups excluding tert-OH is 1. The largest absolute Gasteiger partial charge is 0.506 e. The van der Waals surface area contributed by atoms with E-state index in [2.05, 4.69) is 15.2 Å². The summed E-state index contributed by atoms with van der Waals surface area (Å²) >= 11 is 11.5. The Morgan fingerprint density at radius 3 is 2.68 bits per heavy atom. The number of pyridine rings is 1. The SMILES string of the molecule is N#CC(=C(O)c1cc(Cl)nnc1Cl)c1ccccn1. The Hall–Kier alpha value is -2.16. The van der Waals surface area contributed by atoms with Gasteiger partial charge in [-0.15, -0.1) is 10.2 Å². The zero-order valence-corrected chi connectivity index (χ0v) is 10.9. The highest BCUT2D eigenvalue weighted by Crippen LogP contribution is 2.27. The summed E-state index contributed by atoms with van der Waals surface area (Å²) in [6, 6.07) is 8.21. The van der Waals surface area contributed by atoms with E-state index in [1.165, 1.54) is 12.3 Å². The van der Waals surface area contributed by atoms with E-state index < -0.39 is 0 Å². The lowest BCUT2D eigenvalue weighted by Crippen LogP contribution is -1.96. The number of aromatic nitrogens is 3. The van der Waals surface area contributed by atoms with Crippen molar-refractivity contribution >= 4 is 34.5 Å². The fourth-order valence-corrected chi connectivity index (χ4v) is 1.72. The number of rotatable bonds is 2. The first-order chi connectivity index (χ1) is 9.13. The molecule has 94 valence electrons. The van der Waals surface area contributed by atoms with Crippen molar-refractivity contribution in [3.8, 4) is 6.07 Å². The molecule has 2 rings (SSSR count). The van der Waals surface area contributed by atoms with Gasteiger partial charge in [-0.2, -0.15) is 5.26 Å². The summed E-state index contributed by atoms with van der Waals surface area (Å²) < 4.78 is 0. The third-order valence-corrected chi connectivity index (χ3v) is 2.71. The van der Waals surface area contributed by atoms with Gasteiger partial charge < -0.3 is 5.11 Å². The minimum absolute atomic E-state index is 0.0217. The van der Waals surface area contributed by atoms with E-state index in [0.717, 1.165) is 0 Å². The molecule has 2 heterocycles. The Morgan fingerprint density at radius 2 is 2.05 bits per heavy atom. The van der Waals surface area contributed by atoms with Crippen molar-refractivity contribution < 1.29 is 5.11 Å². The van der Waals surface area contributed by atoms with Crippen LogP contribution >= 0.6 is 23.2 Å². The molecule has 0 bridgehead atoms. The van der Waals surface area contributed by atoms with E-state index in [1.807, 2.05) is 6.07 Å². The minimum Gasteiger partial charge on any atom is -0.506 e. The number of allylic oxidation sites excluding steroid dienone is 1. The van der Waals surface area contributed by atoms with Gasteiger partial charge in [0.25, 0.3) is 0 Å². The smallest absolute Gasteiger partial charge is 0.162 e. The molecule has 7 heteroatoms. The van der Waals surface area contributed by atoms with Crippen molar-refractivity contribution in [2.45, 2.75) is 0 Å². The molecular formula is C12H6Cl2N4O. The summed E-state index contributed by atoms with van der Waals surface area (Å²) in [6.45, 7) is 0. The Morgan fingerprint density at radius 1 is 1.26 bits per heavy atom. The first-order valence-corrected chi connectivity index (χ1v) is 5.83. The van der Waals surface area contributed by atoms with Crippen LogP contribution in [0.25, 0.3) is 11.3 Å². The van der Waals surface area contributed by atoms with Crippen LogP contribution in [0.2, 0.25) is 10.3 Å². The van der Waals surface area contributed by atoms with Gasteiger partial charge in [-0.3, -0.25) is 4.98 Å². The van der Waals surface area contributed by atoms with E-state index in [4.69, 9.17) is 28.5 Å². The highest BCUT2D eigenvalue weighted by molar-refractivity contribution is 6.32. The van der Waals surface area contributed by atoms with Crippen LogP contribution in [-0.2, 0) is 0 Å². The molecule has 5 nitrogen and oxygen atoms in total. The van der Waals surface area contributed by atoms with E-state index in [0.29, 0.717) is 5.69 Å². The number of nitriles is 1. The number of hydrogen-bond donors (Lipinski definition) is 1. The van der Waals surface area contributed by atoms with Crippen LogP contribution < -0.4 is 0 Å². The lowest BCUT2D eigenvalue weighted by atomic mass is 10.1. The summed E-state index contributed by atoms with van der Waals surface area (Å²) in [4.78, 5) is 4.00. The van der Waals surface area contributed by atoms with Crippen molar-refractivity contribution in [2.75, 3.05) is 0 Å². The highest BCUT2D eigenvalue weighted by atomic mass is 35.5. The lowest BCUT2D eigenvalue weighted by molar-refractivity contribution is 0.513. The summed E-state index contributed by atoms with van der Waals surface area (Å²) in [7, 11) is 0. The molecule has 0 amide bonds. The topological polar surface area (TPSA) is 82.7 Å². The standard InChI is InChI=1S/C12H6Cl2N4O/c13-10-5-7(12(14)18-17-10)11(19)8(6-15)9-3-1-2-4-16-9/h1-5,19H. The van der Waals surface area contributed by atoms with Gasteiger partial charge in [0.15, 0.2) is 10.3 Å². The van der Waals surface area contributed by atoms with Crippen LogP contribution in [0.3, 0.4) is 0 Å². The molecule has 0 fully saturated rings. The van der Waals surface area contributed by atoms with Gasteiger partial charge in [-0.1, -0.05) is 29.3 Å². The first-order valence-electron chi connectivity index (χ1n) is 5.07. The average Bonchev–Trinajstić information content (AvgIpc) is 2.43. The number of hydrogen-bond acceptors (Lipinski definition) is 5. The molecule has 19 heavy (non-hydrogen) atoms. The second kappa shape index (κ2) is 5.65. The van der Waals surface area contributed by atoms with Gasteiger partial charge in [0.05, 0.1) is 11.3 Å². The Kier molecular flexibility index (Phi) is 3.95. The Bertz CT molecular complexity index is 680. The van der Waals surface area contributed by atoms with Gasteiger partial charge in [-0.05, 0) is 18.2 Å². The molecule has 0 spiro atoms. The second-order valence-electron chi connectivity index (χ2n) is 3.42. The predicted octanol–water partition coefficient (Wildman–Crippen LogP) is 3.13. The van der Waals surface area contributed by atoms with Gasteiger partial charge in [0.1, 0.15) is 17.4 Å². The zero-order chi connectivity index (χ0) is 13.8. The summed E-state index contributed by atoms with van der Waals surface area (Å²) in [5.41, 5.74) is 0.432. The molecule has 0 aromatic carbocycles. The van der Waals surface area contributed by atoms with E-state index in [9.17, 15) is 5.11 Å². The average molecular weight is 293 g/mol. The fraction of sp³-hybridized carbons (Fsp3) is 0. The third kappa shape index (κ3) is 2.81. The first kappa shape index (κ1) is 13.3. The van der Waals surface area contributed by atoms with Gasteiger partial charge in [0.2, 0.25) is 0 Å². The molecular weight excluding hydrogens is 287 g/mol. The summed E-state index contributed by atoms with van der Waals surface area (Å²) in [5, 5.41) is 26.4. The summed E-state index contributed by atoms with van der Waals surface area (Å²) in [6.07, 6.45) is 1.51. The van der Waals surface area contributed by atoms with Crippen molar-refractivity contribution in [3.05, 3.63) is 52.0 Å². The van der Waals surface area contributed by atoms with Crippen LogP contribution in [0.5, 0.6) is 0 Å². The minimum atomic E-state index is -0.344. The van der Waals surface area contributed by atoms with E-state index >= 15 is 0 Å². The molecule has 0 saturated heterocycles. The molecule has 0 saturated carbocycles. The molecule has 0 aliphatic rings. The van der Waals surface area contributed by atoms with Crippen molar-refractivity contribution in [3.63, 3.8) is 0 Å². The predicted molar refractivity (Wildman–Crippen MR) is 71.3 cm³/mol. The number of aliphatic hydroxyl groups is 1. The fourth-order valence-electron chi connectivity index (χ4n) is 1.40. The van der Waals surface area contributed by atoms with Gasteiger partial charge >= 0.3 is 0 Å². The number of nitrogens with zero attached hydrogens (tertiary/aromatic N) is 4. The summed E-state index contributed by atoms with van der Waals surface area (Å²) in [5.74, 6) is -0.344. The lowest BCUT2D eigenvalue weighted by Gasteiger charge is -2.05. The van der Waals surface area contributed by atoms with Gasteiger partial charge in [-0.25, -0.2) is 0 Å². The maximum absolute atomic E-state index is 10.1. The van der Waals surface area contributed by atoms with Gasteiger partial charge in [0, 0.05) is 6.20 Å². The normalized spacial score (nSPS) is 11.6. The van der Waals surface area contributed by atoms with Crippen LogP contribution in [0.1, 0.15) is 11.3 Å². The molecule has 0 aliphatic carbocycles. The van der Waals surface area contributed by atoms with Crippen molar-refractivity contribution in [1.29, 1.82) is 5.26 Å². The highest BCUT2D eigenvalue weighted by Gasteiger charge is 2.16. The van der Waals surface area contributed by atoms with E-state index in [-0.39, 0.29) is 27.2 Å². The molecule has 0 aliphatic heterocycles. The zero-order valence-electron chi connectivity index (χ0n) is 9.38.